The predicted octanol–water partition coefficient (Wildman–Crippen LogP) is 3.72. The van der Waals surface area contributed by atoms with Crippen molar-refractivity contribution in [3.05, 3.63) is 29.0 Å². The molecule has 1 amide bonds. The van der Waals surface area contributed by atoms with Crippen LogP contribution in [-0.2, 0) is 4.79 Å². The summed E-state index contributed by atoms with van der Waals surface area (Å²) in [6, 6.07) is 4.79. The van der Waals surface area contributed by atoms with E-state index in [1.807, 2.05) is 0 Å². The molecule has 106 valence electrons. The summed E-state index contributed by atoms with van der Waals surface area (Å²) in [6.07, 6.45) is -4.22. The Balaban J connectivity index is 2.37. The maximum Gasteiger partial charge on any atom is 0.448 e. The van der Waals surface area contributed by atoms with Gasteiger partial charge in [0.1, 0.15) is 5.01 Å². The Labute approximate surface area is 115 Å². The fraction of sp³-hybridized carbons (Fsp3) is 0.167. The normalized spacial score (nSPS) is 12.7. The number of aliphatic hydroxyl groups excluding tert-OH is 1. The van der Waals surface area contributed by atoms with E-state index >= 15 is 0 Å². The van der Waals surface area contributed by atoms with E-state index in [1.165, 1.54) is 6.92 Å². The summed E-state index contributed by atoms with van der Waals surface area (Å²) in [5.41, 5.74) is 1.02. The van der Waals surface area contributed by atoms with Gasteiger partial charge in [-0.25, -0.2) is 4.98 Å². The van der Waals surface area contributed by atoms with E-state index in [-0.39, 0.29) is 10.9 Å². The zero-order valence-electron chi connectivity index (χ0n) is 10.2. The third-order valence-corrected chi connectivity index (χ3v) is 3.24. The molecular weight excluding hydrogens is 293 g/mol. The molecule has 4 nitrogen and oxygen atoms in total. The highest BCUT2D eigenvalue weighted by atomic mass is 32.1. The number of allylic oxidation sites excluding steroid dienone is 1. The zero-order chi connectivity index (χ0) is 14.9. The van der Waals surface area contributed by atoms with E-state index in [9.17, 15) is 18.0 Å². The number of halogens is 3. The van der Waals surface area contributed by atoms with E-state index in [1.54, 1.807) is 18.2 Å². The van der Waals surface area contributed by atoms with Crippen LogP contribution < -0.4 is 5.32 Å². The first kappa shape index (κ1) is 14.3. The second-order valence-corrected chi connectivity index (χ2v) is 5.01. The number of carbonyl (C=O) groups is 1. The molecule has 0 saturated carbocycles. The molecular formula is C12H9F3N2O2S. The van der Waals surface area contributed by atoms with Crippen molar-refractivity contribution in [2.75, 3.05) is 5.32 Å². The van der Waals surface area contributed by atoms with Crippen LogP contribution >= 0.6 is 11.3 Å². The van der Waals surface area contributed by atoms with Crippen LogP contribution in [0, 0.1) is 0 Å². The van der Waals surface area contributed by atoms with Crippen LogP contribution in [-0.4, -0.2) is 22.2 Å². The highest BCUT2D eigenvalue weighted by Crippen LogP contribution is 2.29. The summed E-state index contributed by atoms with van der Waals surface area (Å²) in [5.74, 6) is -1.94. The molecule has 0 radical (unpaired) electrons. The van der Waals surface area contributed by atoms with Crippen LogP contribution in [0.3, 0.4) is 0 Å². The summed E-state index contributed by atoms with van der Waals surface area (Å²) in [7, 11) is 0. The van der Waals surface area contributed by atoms with Gasteiger partial charge >= 0.3 is 6.18 Å². The molecule has 0 aliphatic carbocycles. The maximum absolute atomic E-state index is 12.2. The Kier molecular flexibility index (Phi) is 3.67. The second kappa shape index (κ2) is 5.12. The van der Waals surface area contributed by atoms with Crippen LogP contribution in [0.2, 0.25) is 0 Å². The average Bonchev–Trinajstić information content (AvgIpc) is 2.68. The summed E-state index contributed by atoms with van der Waals surface area (Å²) in [5, 5.41) is 11.5. The number of rotatable bonds is 2. The SMILES string of the molecule is CC(=O)Nc1ccc2nc(/C=C(\O)C(F)(F)F)sc2c1. The molecule has 0 saturated heterocycles. The molecule has 2 rings (SSSR count). The number of carbonyl (C=O) groups excluding carboxylic acids is 1. The first-order chi connectivity index (χ1) is 9.25. The van der Waals surface area contributed by atoms with E-state index in [4.69, 9.17) is 5.11 Å². The molecule has 0 aliphatic rings. The van der Waals surface area contributed by atoms with Gasteiger partial charge in [0.05, 0.1) is 10.2 Å². The van der Waals surface area contributed by atoms with Crippen molar-refractivity contribution >= 4 is 39.2 Å². The topological polar surface area (TPSA) is 62.2 Å². The minimum absolute atomic E-state index is 0.0369. The fourth-order valence-electron chi connectivity index (χ4n) is 1.48. The van der Waals surface area contributed by atoms with Gasteiger partial charge < -0.3 is 10.4 Å². The smallest absolute Gasteiger partial charge is 0.448 e. The highest BCUT2D eigenvalue weighted by molar-refractivity contribution is 7.19. The number of nitrogens with one attached hydrogen (secondary N) is 1. The number of nitrogens with zero attached hydrogens (tertiary/aromatic N) is 1. The van der Waals surface area contributed by atoms with Crippen LogP contribution in [0.5, 0.6) is 0 Å². The molecule has 8 heteroatoms. The summed E-state index contributed by atoms with van der Waals surface area (Å²) < 4.78 is 37.2. The molecule has 0 spiro atoms. The Morgan fingerprint density at radius 3 is 2.75 bits per heavy atom. The summed E-state index contributed by atoms with van der Waals surface area (Å²) >= 11 is 0.984. The van der Waals surface area contributed by atoms with Gasteiger partial charge in [-0.1, -0.05) is 0 Å². The molecule has 20 heavy (non-hydrogen) atoms. The number of fused-ring (bicyclic) bond motifs is 1. The summed E-state index contributed by atoms with van der Waals surface area (Å²) in [4.78, 5) is 14.9. The van der Waals surface area contributed by atoms with Crippen molar-refractivity contribution in [2.45, 2.75) is 13.1 Å². The minimum Gasteiger partial charge on any atom is -0.504 e. The maximum atomic E-state index is 12.2. The van der Waals surface area contributed by atoms with Crippen molar-refractivity contribution in [1.82, 2.24) is 4.98 Å². The van der Waals surface area contributed by atoms with Gasteiger partial charge in [-0.15, -0.1) is 11.3 Å². The number of anilines is 1. The molecule has 1 aromatic heterocycles. The Morgan fingerprint density at radius 2 is 2.15 bits per heavy atom. The number of aromatic nitrogens is 1. The van der Waals surface area contributed by atoms with E-state index < -0.39 is 11.9 Å². The van der Waals surface area contributed by atoms with Gasteiger partial charge in [-0.05, 0) is 18.2 Å². The molecule has 1 aromatic carbocycles. The van der Waals surface area contributed by atoms with Gasteiger partial charge in [0.15, 0.2) is 0 Å². The predicted molar refractivity (Wildman–Crippen MR) is 70.6 cm³/mol. The van der Waals surface area contributed by atoms with Crippen LogP contribution in [0.1, 0.15) is 11.9 Å². The lowest BCUT2D eigenvalue weighted by Gasteiger charge is -2.02. The lowest BCUT2D eigenvalue weighted by Crippen LogP contribution is -2.10. The number of aliphatic hydroxyl groups is 1. The van der Waals surface area contributed by atoms with Crippen LogP contribution in [0.15, 0.2) is 24.0 Å². The minimum atomic E-state index is -4.79. The molecule has 0 bridgehead atoms. The van der Waals surface area contributed by atoms with Crippen molar-refractivity contribution in [3.8, 4) is 0 Å². The number of benzene rings is 1. The highest BCUT2D eigenvalue weighted by Gasteiger charge is 2.33. The van der Waals surface area contributed by atoms with Crippen molar-refractivity contribution < 1.29 is 23.1 Å². The largest absolute Gasteiger partial charge is 0.504 e. The third-order valence-electron chi connectivity index (χ3n) is 2.28. The Bertz CT molecular complexity index is 692. The van der Waals surface area contributed by atoms with Crippen molar-refractivity contribution in [2.24, 2.45) is 0 Å². The average molecular weight is 302 g/mol. The van der Waals surface area contributed by atoms with E-state index in [0.29, 0.717) is 22.0 Å². The second-order valence-electron chi connectivity index (χ2n) is 3.94. The quantitative estimate of drug-likeness (QED) is 0.831. The van der Waals surface area contributed by atoms with E-state index in [2.05, 4.69) is 10.3 Å². The molecule has 2 aromatic rings. The number of hydrogen-bond donors (Lipinski definition) is 2. The zero-order valence-corrected chi connectivity index (χ0v) is 11.0. The molecule has 2 N–H and O–H groups in total. The Hall–Kier alpha value is -2.09. The number of thiazole rings is 1. The lowest BCUT2D eigenvalue weighted by atomic mass is 10.3. The van der Waals surface area contributed by atoms with Gasteiger partial charge in [0.2, 0.25) is 11.7 Å². The molecule has 0 unspecified atom stereocenters. The lowest BCUT2D eigenvalue weighted by molar-refractivity contribution is -0.119. The number of hydrogen-bond acceptors (Lipinski definition) is 4. The van der Waals surface area contributed by atoms with Crippen molar-refractivity contribution in [1.29, 1.82) is 0 Å². The van der Waals surface area contributed by atoms with Gasteiger partial charge in [0.25, 0.3) is 0 Å². The number of alkyl halides is 3. The molecule has 0 fully saturated rings. The van der Waals surface area contributed by atoms with Crippen LogP contribution in [0.25, 0.3) is 16.3 Å². The van der Waals surface area contributed by atoms with E-state index in [0.717, 1.165) is 11.3 Å². The molecule has 1 heterocycles. The van der Waals surface area contributed by atoms with Gasteiger partial charge in [-0.2, -0.15) is 13.2 Å². The molecule has 0 aliphatic heterocycles. The number of amides is 1. The van der Waals surface area contributed by atoms with Gasteiger partial charge in [0, 0.05) is 18.7 Å². The van der Waals surface area contributed by atoms with Crippen LogP contribution in [0.4, 0.5) is 18.9 Å². The first-order valence-corrected chi connectivity index (χ1v) is 6.23. The fourth-order valence-corrected chi connectivity index (χ4v) is 2.43. The van der Waals surface area contributed by atoms with Crippen molar-refractivity contribution in [3.63, 3.8) is 0 Å². The molecule has 0 atom stereocenters. The summed E-state index contributed by atoms with van der Waals surface area (Å²) in [6.45, 7) is 1.35. The first-order valence-electron chi connectivity index (χ1n) is 5.42. The van der Waals surface area contributed by atoms with Gasteiger partial charge in [-0.3, -0.25) is 4.79 Å². The Morgan fingerprint density at radius 1 is 1.45 bits per heavy atom. The standard InChI is InChI=1S/C12H9F3N2O2S/c1-6(18)16-7-2-3-8-9(4-7)20-11(17-8)5-10(19)12(13,14)15/h2-5,19H,1H3,(H,16,18)/b10-5-. The monoisotopic (exact) mass is 302 g/mol. The third kappa shape index (κ3) is 3.27.